The van der Waals surface area contributed by atoms with E-state index in [-0.39, 0.29) is 5.69 Å². The summed E-state index contributed by atoms with van der Waals surface area (Å²) < 4.78 is 10.6. The van der Waals surface area contributed by atoms with Gasteiger partial charge in [-0.3, -0.25) is 0 Å². The lowest BCUT2D eigenvalue weighted by atomic mass is 9.96. The second-order valence-electron chi connectivity index (χ2n) is 5.43. The van der Waals surface area contributed by atoms with Crippen LogP contribution in [-0.2, 0) is 11.3 Å². The van der Waals surface area contributed by atoms with Crippen molar-refractivity contribution in [3.63, 3.8) is 0 Å². The number of para-hydroxylation sites is 1. The second kappa shape index (κ2) is 7.09. The van der Waals surface area contributed by atoms with E-state index in [0.717, 1.165) is 24.2 Å². The van der Waals surface area contributed by atoms with Crippen molar-refractivity contribution in [1.29, 1.82) is 0 Å². The maximum atomic E-state index is 11.3. The molecule has 1 fully saturated rings. The largest absolute Gasteiger partial charge is 0.490 e. The van der Waals surface area contributed by atoms with Gasteiger partial charge < -0.3 is 14.8 Å². The Morgan fingerprint density at radius 2 is 2.04 bits per heavy atom. The van der Waals surface area contributed by atoms with Crippen LogP contribution in [0.1, 0.15) is 35.3 Å². The molecule has 0 spiro atoms. The molecule has 23 heavy (non-hydrogen) atoms. The van der Waals surface area contributed by atoms with Gasteiger partial charge in [-0.25, -0.2) is 4.79 Å². The minimum atomic E-state index is -0.497. The van der Waals surface area contributed by atoms with E-state index in [0.29, 0.717) is 18.5 Å². The van der Waals surface area contributed by atoms with Crippen molar-refractivity contribution in [3.05, 3.63) is 47.7 Å². The van der Waals surface area contributed by atoms with E-state index in [1.165, 1.54) is 13.5 Å². The van der Waals surface area contributed by atoms with Crippen molar-refractivity contribution in [2.45, 2.75) is 31.9 Å². The number of ether oxygens (including phenoxy) is 2. The molecular weight excluding hydrogens is 294 g/mol. The smallest absolute Gasteiger partial charge is 0.358 e. The molecule has 0 unspecified atom stereocenters. The number of rotatable bonds is 6. The quantitative estimate of drug-likeness (QED) is 0.827. The Morgan fingerprint density at radius 3 is 2.70 bits per heavy atom. The van der Waals surface area contributed by atoms with Gasteiger partial charge in [0.1, 0.15) is 11.6 Å². The predicted octanol–water partition coefficient (Wildman–Crippen LogP) is 2.81. The first-order chi connectivity index (χ1) is 11.3. The summed E-state index contributed by atoms with van der Waals surface area (Å²) in [6, 6.07) is 11.3. The molecule has 0 atom stereocenters. The molecule has 0 radical (unpaired) electrons. The number of benzene rings is 1. The molecule has 0 aliphatic heterocycles. The van der Waals surface area contributed by atoms with E-state index in [9.17, 15) is 4.79 Å². The Hall–Kier alpha value is -2.63. The van der Waals surface area contributed by atoms with Crippen molar-refractivity contribution in [3.8, 4) is 5.75 Å². The first-order valence-corrected chi connectivity index (χ1v) is 7.67. The molecular formula is C17H19N3O3. The van der Waals surface area contributed by atoms with Gasteiger partial charge in [-0.05, 0) is 37.5 Å². The third-order valence-corrected chi connectivity index (χ3v) is 3.84. The lowest BCUT2D eigenvalue weighted by Gasteiger charge is -2.27. The first-order valence-electron chi connectivity index (χ1n) is 7.67. The number of nitrogens with zero attached hydrogens (tertiary/aromatic N) is 2. The lowest BCUT2D eigenvalue weighted by molar-refractivity contribution is 0.0592. The fourth-order valence-electron chi connectivity index (χ4n) is 2.26. The number of methoxy groups -OCH3 is 1. The molecule has 1 aromatic heterocycles. The van der Waals surface area contributed by atoms with E-state index in [1.807, 2.05) is 24.3 Å². The number of carbonyl (C=O) groups excluding carboxylic acids is 1. The van der Waals surface area contributed by atoms with Gasteiger partial charge in [0.25, 0.3) is 0 Å². The average Bonchev–Trinajstić information content (AvgIpc) is 2.57. The molecule has 1 N–H and O–H groups in total. The van der Waals surface area contributed by atoms with E-state index in [2.05, 4.69) is 20.3 Å². The molecule has 0 bridgehead atoms. The van der Waals surface area contributed by atoms with E-state index in [1.54, 1.807) is 12.1 Å². The molecule has 0 amide bonds. The number of anilines is 1. The van der Waals surface area contributed by atoms with Crippen LogP contribution in [0.4, 0.5) is 5.82 Å². The summed E-state index contributed by atoms with van der Waals surface area (Å²) in [4.78, 5) is 11.3. The fourth-order valence-corrected chi connectivity index (χ4v) is 2.26. The molecule has 0 saturated heterocycles. The number of nitrogens with one attached hydrogen (secondary N) is 1. The van der Waals surface area contributed by atoms with E-state index in [4.69, 9.17) is 4.74 Å². The van der Waals surface area contributed by atoms with Crippen molar-refractivity contribution in [1.82, 2.24) is 10.2 Å². The number of hydrogen-bond donors (Lipinski definition) is 1. The highest BCUT2D eigenvalue weighted by Gasteiger charge is 2.20. The summed E-state index contributed by atoms with van der Waals surface area (Å²) in [5.74, 6) is 1.00. The van der Waals surface area contributed by atoms with Crippen molar-refractivity contribution >= 4 is 11.8 Å². The molecule has 2 aromatic rings. The highest BCUT2D eigenvalue weighted by atomic mass is 16.5. The third kappa shape index (κ3) is 3.77. The molecule has 1 saturated carbocycles. The average molecular weight is 313 g/mol. The zero-order chi connectivity index (χ0) is 16.1. The molecule has 1 aliphatic rings. The van der Waals surface area contributed by atoms with Crippen LogP contribution in [-0.4, -0.2) is 29.4 Å². The molecule has 6 heteroatoms. The zero-order valence-electron chi connectivity index (χ0n) is 13.0. The lowest BCUT2D eigenvalue weighted by Crippen LogP contribution is -2.25. The predicted molar refractivity (Wildman–Crippen MR) is 85.4 cm³/mol. The number of carbonyl (C=O) groups is 1. The van der Waals surface area contributed by atoms with E-state index < -0.39 is 5.97 Å². The highest BCUT2D eigenvalue weighted by Crippen LogP contribution is 2.27. The maximum absolute atomic E-state index is 11.3. The maximum Gasteiger partial charge on any atom is 0.358 e. The normalized spacial score (nSPS) is 14.0. The van der Waals surface area contributed by atoms with Gasteiger partial charge in [0.15, 0.2) is 5.69 Å². The number of esters is 1. The van der Waals surface area contributed by atoms with Crippen LogP contribution < -0.4 is 10.1 Å². The zero-order valence-corrected chi connectivity index (χ0v) is 13.0. The monoisotopic (exact) mass is 313 g/mol. The molecule has 1 heterocycles. The standard InChI is InChI=1S/C17H19N3O3/c1-22-17(21)14-9-10-16(20-19-14)18-11-12-5-2-3-8-15(12)23-13-6-4-7-13/h2-3,5,8-10,13H,4,6-7,11H2,1H3,(H,18,20). The SMILES string of the molecule is COC(=O)c1ccc(NCc2ccccc2OC2CCC2)nn1. The summed E-state index contributed by atoms with van der Waals surface area (Å²) in [6.45, 7) is 0.579. The topological polar surface area (TPSA) is 73.3 Å². The first kappa shape index (κ1) is 15.3. The summed E-state index contributed by atoms with van der Waals surface area (Å²) in [7, 11) is 1.31. The highest BCUT2D eigenvalue weighted by molar-refractivity contribution is 5.86. The van der Waals surface area contributed by atoms with Gasteiger partial charge in [-0.15, -0.1) is 10.2 Å². The Labute approximate surface area is 134 Å². The van der Waals surface area contributed by atoms with Gasteiger partial charge in [-0.1, -0.05) is 18.2 Å². The van der Waals surface area contributed by atoms with Crippen LogP contribution in [0.5, 0.6) is 5.75 Å². The minimum absolute atomic E-state index is 0.187. The summed E-state index contributed by atoms with van der Waals surface area (Å²) >= 11 is 0. The van der Waals surface area contributed by atoms with Crippen molar-refractivity contribution < 1.29 is 14.3 Å². The number of aromatic nitrogens is 2. The molecule has 1 aromatic carbocycles. The van der Waals surface area contributed by atoms with Crippen LogP contribution in [0, 0.1) is 0 Å². The van der Waals surface area contributed by atoms with Crippen LogP contribution >= 0.6 is 0 Å². The summed E-state index contributed by atoms with van der Waals surface area (Å²) in [5.41, 5.74) is 1.25. The third-order valence-electron chi connectivity index (χ3n) is 3.84. The van der Waals surface area contributed by atoms with Crippen LogP contribution in [0.3, 0.4) is 0 Å². The van der Waals surface area contributed by atoms with Crippen LogP contribution in [0.25, 0.3) is 0 Å². The van der Waals surface area contributed by atoms with Gasteiger partial charge in [0, 0.05) is 12.1 Å². The van der Waals surface area contributed by atoms with Gasteiger partial charge >= 0.3 is 5.97 Å². The van der Waals surface area contributed by atoms with E-state index >= 15 is 0 Å². The number of hydrogen-bond acceptors (Lipinski definition) is 6. The Bertz CT molecular complexity index is 669. The fraction of sp³-hybridized carbons (Fsp3) is 0.353. The van der Waals surface area contributed by atoms with Crippen molar-refractivity contribution in [2.24, 2.45) is 0 Å². The van der Waals surface area contributed by atoms with Crippen LogP contribution in [0.15, 0.2) is 36.4 Å². The summed E-state index contributed by atoms with van der Waals surface area (Å²) in [5, 5.41) is 11.0. The molecule has 1 aliphatic carbocycles. The molecule has 3 rings (SSSR count). The van der Waals surface area contributed by atoms with Gasteiger partial charge in [0.2, 0.25) is 0 Å². The second-order valence-corrected chi connectivity index (χ2v) is 5.43. The molecule has 120 valence electrons. The summed E-state index contributed by atoms with van der Waals surface area (Å²) in [6.07, 6.45) is 3.84. The Morgan fingerprint density at radius 1 is 1.22 bits per heavy atom. The Balaban J connectivity index is 1.62. The van der Waals surface area contributed by atoms with Gasteiger partial charge in [-0.2, -0.15) is 0 Å². The Kier molecular flexibility index (Phi) is 4.71. The van der Waals surface area contributed by atoms with Crippen LogP contribution in [0.2, 0.25) is 0 Å². The minimum Gasteiger partial charge on any atom is -0.490 e. The van der Waals surface area contributed by atoms with Crippen molar-refractivity contribution in [2.75, 3.05) is 12.4 Å². The molecule has 6 nitrogen and oxygen atoms in total. The van der Waals surface area contributed by atoms with Gasteiger partial charge in [0.05, 0.1) is 13.2 Å².